The number of likely N-dealkylation sites (N-methyl/N-ethyl adjacent to an activating group) is 1. The number of rotatable bonds is 9. The molecule has 30 heavy (non-hydrogen) atoms. The summed E-state index contributed by atoms with van der Waals surface area (Å²) in [5, 5.41) is 2.75. The third-order valence-corrected chi connectivity index (χ3v) is 5.02. The van der Waals surface area contributed by atoms with E-state index in [0.717, 1.165) is 38.4 Å². The van der Waals surface area contributed by atoms with Crippen LogP contribution in [0.15, 0.2) is 54.6 Å². The highest BCUT2D eigenvalue weighted by Crippen LogP contribution is 2.19. The highest BCUT2D eigenvalue weighted by Gasteiger charge is 2.16. The van der Waals surface area contributed by atoms with E-state index in [1.54, 1.807) is 0 Å². The van der Waals surface area contributed by atoms with Crippen molar-refractivity contribution in [2.75, 3.05) is 56.2 Å². The number of benzene rings is 2. The van der Waals surface area contributed by atoms with Crippen molar-refractivity contribution >= 4 is 23.3 Å². The number of hydrogen-bond acceptors (Lipinski definition) is 6. The molecule has 0 unspecified atom stereocenters. The van der Waals surface area contributed by atoms with E-state index in [0.29, 0.717) is 11.4 Å². The Morgan fingerprint density at radius 1 is 0.967 bits per heavy atom. The minimum Gasteiger partial charge on any atom is -0.493 e. The quantitative estimate of drug-likeness (QED) is 0.640. The fourth-order valence-corrected chi connectivity index (χ4v) is 3.26. The Morgan fingerprint density at radius 2 is 1.67 bits per heavy atom. The van der Waals surface area contributed by atoms with Gasteiger partial charge in [0.25, 0.3) is 5.91 Å². The molecular formula is C23H29N3O4. The van der Waals surface area contributed by atoms with E-state index in [1.807, 2.05) is 54.6 Å². The second kappa shape index (κ2) is 11.2. The number of carbonyl (C=O) groups excluding carboxylic acids is 2. The molecule has 7 heteroatoms. The van der Waals surface area contributed by atoms with E-state index < -0.39 is 5.97 Å². The molecule has 1 heterocycles. The van der Waals surface area contributed by atoms with Crippen LogP contribution in [-0.4, -0.2) is 62.7 Å². The van der Waals surface area contributed by atoms with Gasteiger partial charge in [0.15, 0.2) is 6.61 Å². The van der Waals surface area contributed by atoms with Gasteiger partial charge in [0, 0.05) is 37.6 Å². The molecule has 2 aromatic rings. The molecule has 1 aliphatic rings. The molecular weight excluding hydrogens is 382 g/mol. The average molecular weight is 412 g/mol. The highest BCUT2D eigenvalue weighted by atomic mass is 16.5. The normalized spacial score (nSPS) is 14.2. The zero-order valence-corrected chi connectivity index (χ0v) is 17.4. The maximum Gasteiger partial charge on any atom is 0.309 e. The van der Waals surface area contributed by atoms with Gasteiger partial charge in [-0.15, -0.1) is 0 Å². The van der Waals surface area contributed by atoms with Crippen molar-refractivity contribution in [3.05, 3.63) is 54.6 Å². The predicted molar refractivity (Wildman–Crippen MR) is 117 cm³/mol. The SMILES string of the molecule is CCN1CCN(c2ccc(NC(=O)COC(=O)CCOc3ccccc3)cc2)CC1. The molecule has 0 aromatic heterocycles. The van der Waals surface area contributed by atoms with Gasteiger partial charge < -0.3 is 24.6 Å². The molecule has 0 aliphatic carbocycles. The lowest BCUT2D eigenvalue weighted by Gasteiger charge is -2.35. The first-order valence-electron chi connectivity index (χ1n) is 10.3. The second-order valence-electron chi connectivity index (χ2n) is 7.09. The van der Waals surface area contributed by atoms with Crippen LogP contribution >= 0.6 is 0 Å². The van der Waals surface area contributed by atoms with Crippen molar-refractivity contribution < 1.29 is 19.1 Å². The molecule has 1 N–H and O–H groups in total. The standard InChI is InChI=1S/C23H29N3O4/c1-2-25-13-15-26(16-14-25)20-10-8-19(9-11-20)24-22(27)18-30-23(28)12-17-29-21-6-4-3-5-7-21/h3-11H,2,12-18H2,1H3,(H,24,27). The number of amides is 1. The minimum atomic E-state index is -0.470. The summed E-state index contributed by atoms with van der Waals surface area (Å²) in [4.78, 5) is 28.6. The molecule has 0 spiro atoms. The Labute approximate surface area is 177 Å². The van der Waals surface area contributed by atoms with Crippen LogP contribution < -0.4 is 15.0 Å². The van der Waals surface area contributed by atoms with E-state index in [2.05, 4.69) is 22.0 Å². The molecule has 0 saturated carbocycles. The molecule has 3 rings (SSSR count). The monoisotopic (exact) mass is 411 g/mol. The molecule has 7 nitrogen and oxygen atoms in total. The first-order chi connectivity index (χ1) is 14.6. The summed E-state index contributed by atoms with van der Waals surface area (Å²) in [6, 6.07) is 17.0. The Bertz CT molecular complexity index is 803. The zero-order chi connectivity index (χ0) is 21.2. The molecule has 0 atom stereocenters. The van der Waals surface area contributed by atoms with Gasteiger partial charge in [-0.05, 0) is 42.9 Å². The van der Waals surface area contributed by atoms with E-state index >= 15 is 0 Å². The minimum absolute atomic E-state index is 0.0855. The molecule has 0 radical (unpaired) electrons. The van der Waals surface area contributed by atoms with E-state index in [-0.39, 0.29) is 25.5 Å². The van der Waals surface area contributed by atoms with Gasteiger partial charge in [0.1, 0.15) is 5.75 Å². The lowest BCUT2D eigenvalue weighted by atomic mass is 10.2. The molecule has 160 valence electrons. The van der Waals surface area contributed by atoms with Crippen LogP contribution in [0.1, 0.15) is 13.3 Å². The third-order valence-electron chi connectivity index (χ3n) is 5.02. The summed E-state index contributed by atoms with van der Waals surface area (Å²) in [6.07, 6.45) is 0.0855. The number of carbonyl (C=O) groups is 2. The van der Waals surface area contributed by atoms with Crippen LogP contribution in [-0.2, 0) is 14.3 Å². The lowest BCUT2D eigenvalue weighted by molar-refractivity contribution is -0.147. The van der Waals surface area contributed by atoms with Gasteiger partial charge >= 0.3 is 5.97 Å². The first kappa shape index (κ1) is 21.6. The maximum absolute atomic E-state index is 12.0. The number of nitrogens with zero attached hydrogens (tertiary/aromatic N) is 2. The van der Waals surface area contributed by atoms with Crippen LogP contribution in [0.2, 0.25) is 0 Å². The predicted octanol–water partition coefficient (Wildman–Crippen LogP) is 2.78. The molecule has 2 aromatic carbocycles. The Morgan fingerprint density at radius 3 is 2.33 bits per heavy atom. The second-order valence-corrected chi connectivity index (χ2v) is 7.09. The van der Waals surface area contributed by atoms with Crippen LogP contribution in [0.25, 0.3) is 0 Å². The molecule has 0 bridgehead atoms. The summed E-state index contributed by atoms with van der Waals surface area (Å²) in [5.41, 5.74) is 1.83. The van der Waals surface area contributed by atoms with Gasteiger partial charge in [0.2, 0.25) is 0 Å². The van der Waals surface area contributed by atoms with Crippen LogP contribution in [0, 0.1) is 0 Å². The van der Waals surface area contributed by atoms with Crippen molar-refractivity contribution in [1.29, 1.82) is 0 Å². The third kappa shape index (κ3) is 6.77. The van der Waals surface area contributed by atoms with Crippen molar-refractivity contribution in [1.82, 2.24) is 4.90 Å². The van der Waals surface area contributed by atoms with Gasteiger partial charge in [-0.25, -0.2) is 0 Å². The molecule has 1 fully saturated rings. The van der Waals surface area contributed by atoms with Gasteiger partial charge in [-0.2, -0.15) is 0 Å². The molecule has 1 aliphatic heterocycles. The average Bonchev–Trinajstić information content (AvgIpc) is 2.79. The number of para-hydroxylation sites is 1. The number of anilines is 2. The first-order valence-corrected chi connectivity index (χ1v) is 10.3. The molecule has 1 amide bonds. The summed E-state index contributed by atoms with van der Waals surface area (Å²) < 4.78 is 10.5. The van der Waals surface area contributed by atoms with E-state index in [9.17, 15) is 9.59 Å². The lowest BCUT2D eigenvalue weighted by Crippen LogP contribution is -2.46. The Balaban J connectivity index is 1.35. The van der Waals surface area contributed by atoms with E-state index in [4.69, 9.17) is 9.47 Å². The van der Waals surface area contributed by atoms with Gasteiger partial charge in [0.05, 0.1) is 13.0 Å². The van der Waals surface area contributed by atoms with Gasteiger partial charge in [-0.3, -0.25) is 9.59 Å². The topological polar surface area (TPSA) is 71.1 Å². The number of piperazine rings is 1. The maximum atomic E-state index is 12.0. The summed E-state index contributed by atoms with van der Waals surface area (Å²) in [6.45, 7) is 7.30. The number of nitrogens with one attached hydrogen (secondary N) is 1. The van der Waals surface area contributed by atoms with Crippen molar-refractivity contribution in [3.8, 4) is 5.75 Å². The van der Waals surface area contributed by atoms with Crippen LogP contribution in [0.5, 0.6) is 5.75 Å². The van der Waals surface area contributed by atoms with Crippen LogP contribution in [0.4, 0.5) is 11.4 Å². The number of hydrogen-bond donors (Lipinski definition) is 1. The summed E-state index contributed by atoms with van der Waals surface area (Å²) in [7, 11) is 0. The highest BCUT2D eigenvalue weighted by molar-refractivity contribution is 5.92. The summed E-state index contributed by atoms with van der Waals surface area (Å²) >= 11 is 0. The van der Waals surface area contributed by atoms with Gasteiger partial charge in [-0.1, -0.05) is 25.1 Å². The fourth-order valence-electron chi connectivity index (χ4n) is 3.26. The largest absolute Gasteiger partial charge is 0.493 e. The van der Waals surface area contributed by atoms with E-state index in [1.165, 1.54) is 0 Å². The Hall–Kier alpha value is -3.06. The van der Waals surface area contributed by atoms with Crippen molar-refractivity contribution in [2.45, 2.75) is 13.3 Å². The van der Waals surface area contributed by atoms with Crippen molar-refractivity contribution in [2.24, 2.45) is 0 Å². The number of esters is 1. The van der Waals surface area contributed by atoms with Crippen LogP contribution in [0.3, 0.4) is 0 Å². The molecule has 1 saturated heterocycles. The smallest absolute Gasteiger partial charge is 0.309 e. The fraction of sp³-hybridized carbons (Fsp3) is 0.391. The summed E-state index contributed by atoms with van der Waals surface area (Å²) in [5.74, 6) is -0.141. The number of ether oxygens (including phenoxy) is 2. The Kier molecular flexibility index (Phi) is 8.09. The van der Waals surface area contributed by atoms with Crippen molar-refractivity contribution in [3.63, 3.8) is 0 Å². The zero-order valence-electron chi connectivity index (χ0n) is 17.4.